The van der Waals surface area contributed by atoms with E-state index in [-0.39, 0.29) is 23.0 Å². The van der Waals surface area contributed by atoms with Crippen molar-refractivity contribution >= 4 is 11.6 Å². The van der Waals surface area contributed by atoms with Crippen molar-refractivity contribution in [3.8, 4) is 11.4 Å². The zero-order valence-corrected chi connectivity index (χ0v) is 15.5. The van der Waals surface area contributed by atoms with Gasteiger partial charge in [-0.05, 0) is 18.2 Å². The minimum absolute atomic E-state index is 0.0466. The highest BCUT2D eigenvalue weighted by Crippen LogP contribution is 2.27. The van der Waals surface area contributed by atoms with E-state index in [9.17, 15) is 27.2 Å². The summed E-state index contributed by atoms with van der Waals surface area (Å²) < 4.78 is 59.2. The molecule has 6 nitrogen and oxygen atoms in total. The first-order chi connectivity index (χ1) is 13.6. The number of rotatable bonds is 4. The van der Waals surface area contributed by atoms with Crippen LogP contribution in [0.25, 0.3) is 5.69 Å². The van der Waals surface area contributed by atoms with Crippen LogP contribution in [0.5, 0.6) is 5.75 Å². The molecule has 1 aromatic carbocycles. The van der Waals surface area contributed by atoms with Crippen LogP contribution in [0.1, 0.15) is 11.3 Å². The first-order valence-corrected chi connectivity index (χ1v) is 8.39. The molecular weight excluding hydrogens is 418 g/mol. The molecule has 0 aliphatic heterocycles. The zero-order chi connectivity index (χ0) is 21.3. The highest BCUT2D eigenvalue weighted by molar-refractivity contribution is 6.29. The fraction of sp³-hybridized carbons (Fsp3) is 0.167. The summed E-state index contributed by atoms with van der Waals surface area (Å²) in [6, 6.07) is 6.72. The molecule has 0 amide bonds. The lowest BCUT2D eigenvalue weighted by Gasteiger charge is -2.14. The van der Waals surface area contributed by atoms with Gasteiger partial charge in [-0.3, -0.25) is 9.36 Å². The van der Waals surface area contributed by atoms with Gasteiger partial charge in [0.05, 0.1) is 5.69 Å². The van der Waals surface area contributed by atoms with E-state index in [0.29, 0.717) is 15.3 Å². The maximum Gasteiger partial charge on any atom is 0.431 e. The van der Waals surface area contributed by atoms with Crippen LogP contribution in [0.4, 0.5) is 17.6 Å². The van der Waals surface area contributed by atoms with Crippen LogP contribution in [0.15, 0.2) is 52.2 Å². The summed E-state index contributed by atoms with van der Waals surface area (Å²) in [5.74, 6) is -0.936. The average molecular weight is 430 g/mol. The van der Waals surface area contributed by atoms with Gasteiger partial charge in [-0.1, -0.05) is 17.7 Å². The van der Waals surface area contributed by atoms with Crippen LogP contribution in [-0.2, 0) is 19.8 Å². The van der Waals surface area contributed by atoms with Crippen molar-refractivity contribution in [3.63, 3.8) is 0 Å². The molecule has 0 spiro atoms. The second-order valence-corrected chi connectivity index (χ2v) is 6.32. The van der Waals surface area contributed by atoms with E-state index in [1.807, 2.05) is 0 Å². The van der Waals surface area contributed by atoms with E-state index >= 15 is 0 Å². The molecule has 3 aromatic rings. The van der Waals surface area contributed by atoms with Gasteiger partial charge in [-0.2, -0.15) is 13.2 Å². The Bertz CT molecular complexity index is 1170. The molecule has 0 N–H and O–H groups in total. The molecule has 0 saturated heterocycles. The number of nitrogens with zero attached hydrogens (tertiary/aromatic N) is 3. The summed E-state index contributed by atoms with van der Waals surface area (Å²) in [6.45, 7) is 0.0466. The van der Waals surface area contributed by atoms with Crippen LogP contribution >= 0.6 is 11.6 Å². The Morgan fingerprint density at radius 1 is 1.14 bits per heavy atom. The van der Waals surface area contributed by atoms with E-state index < -0.39 is 34.6 Å². The van der Waals surface area contributed by atoms with Crippen molar-refractivity contribution < 1.29 is 22.3 Å². The Morgan fingerprint density at radius 2 is 1.86 bits per heavy atom. The van der Waals surface area contributed by atoms with Gasteiger partial charge in [-0.25, -0.2) is 18.7 Å². The Balaban J connectivity index is 1.93. The van der Waals surface area contributed by atoms with E-state index in [1.54, 1.807) is 12.1 Å². The third-order valence-corrected chi connectivity index (χ3v) is 4.19. The van der Waals surface area contributed by atoms with Gasteiger partial charge in [0.2, 0.25) is 0 Å². The molecule has 0 bridgehead atoms. The Morgan fingerprint density at radius 3 is 2.45 bits per heavy atom. The van der Waals surface area contributed by atoms with Crippen LogP contribution < -0.4 is 16.0 Å². The molecule has 29 heavy (non-hydrogen) atoms. The number of hydrogen-bond acceptors (Lipinski definition) is 4. The topological polar surface area (TPSA) is 66.1 Å². The summed E-state index contributed by atoms with van der Waals surface area (Å²) in [4.78, 5) is 28.2. The van der Waals surface area contributed by atoms with Crippen LogP contribution in [0.3, 0.4) is 0 Å². The minimum atomic E-state index is -4.90. The Hall–Kier alpha value is -3.14. The maximum atomic E-state index is 14.5. The molecule has 11 heteroatoms. The Kier molecular flexibility index (Phi) is 5.47. The van der Waals surface area contributed by atoms with E-state index in [1.165, 1.54) is 12.3 Å². The van der Waals surface area contributed by atoms with Gasteiger partial charge in [0.15, 0.2) is 5.82 Å². The van der Waals surface area contributed by atoms with Gasteiger partial charge in [0.1, 0.15) is 23.2 Å². The molecule has 0 saturated carbocycles. The van der Waals surface area contributed by atoms with Crippen molar-refractivity contribution in [1.82, 2.24) is 14.1 Å². The largest absolute Gasteiger partial charge is 0.489 e. The molecule has 0 unspecified atom stereocenters. The lowest BCUT2D eigenvalue weighted by Crippen LogP contribution is -2.41. The van der Waals surface area contributed by atoms with Crippen molar-refractivity contribution in [3.05, 3.63) is 85.7 Å². The van der Waals surface area contributed by atoms with Crippen molar-refractivity contribution in [2.45, 2.75) is 12.8 Å². The lowest BCUT2D eigenvalue weighted by atomic mass is 10.2. The normalized spacial score (nSPS) is 11.5. The zero-order valence-electron chi connectivity index (χ0n) is 14.7. The highest BCUT2D eigenvalue weighted by Gasteiger charge is 2.35. The third kappa shape index (κ3) is 4.32. The number of hydrogen-bond donors (Lipinski definition) is 0. The second kappa shape index (κ2) is 7.70. The Labute approximate surface area is 165 Å². The minimum Gasteiger partial charge on any atom is -0.489 e. The summed E-state index contributed by atoms with van der Waals surface area (Å²) in [5.41, 5.74) is -3.90. The quantitative estimate of drug-likeness (QED) is 0.471. The van der Waals surface area contributed by atoms with Gasteiger partial charge in [0, 0.05) is 30.9 Å². The fourth-order valence-electron chi connectivity index (χ4n) is 2.54. The number of halogens is 5. The maximum absolute atomic E-state index is 14.5. The van der Waals surface area contributed by atoms with Crippen LogP contribution in [-0.4, -0.2) is 14.1 Å². The van der Waals surface area contributed by atoms with Crippen molar-refractivity contribution in [1.29, 1.82) is 0 Å². The van der Waals surface area contributed by atoms with Crippen molar-refractivity contribution in [2.24, 2.45) is 7.05 Å². The highest BCUT2D eigenvalue weighted by atomic mass is 35.5. The first kappa shape index (κ1) is 20.6. The lowest BCUT2D eigenvalue weighted by molar-refractivity contribution is -0.144. The predicted octanol–water partition coefficient (Wildman–Crippen LogP) is 3.32. The van der Waals surface area contributed by atoms with Gasteiger partial charge < -0.3 is 4.74 Å². The molecule has 0 radical (unpaired) electrons. The molecule has 0 atom stereocenters. The van der Waals surface area contributed by atoms with Gasteiger partial charge in [0.25, 0.3) is 5.56 Å². The summed E-state index contributed by atoms with van der Waals surface area (Å²) in [5, 5.41) is 0.299. The summed E-state index contributed by atoms with van der Waals surface area (Å²) in [7, 11) is 0.844. The van der Waals surface area contributed by atoms with Crippen molar-refractivity contribution in [2.75, 3.05) is 0 Å². The standard InChI is InChI=1S/C18H12ClF4N3O3/c1-25-14(18(21,22)23)7-16(27)26(17(25)28)13-4-3-11(6-12(13)20)29-9-10-2-5-15(19)24-8-10/h2-8H,9H2,1H3. The number of alkyl halides is 3. The predicted molar refractivity (Wildman–Crippen MR) is 95.8 cm³/mol. The summed E-state index contributed by atoms with van der Waals surface area (Å²) in [6.07, 6.45) is -3.43. The smallest absolute Gasteiger partial charge is 0.431 e. The molecule has 2 heterocycles. The third-order valence-electron chi connectivity index (χ3n) is 3.96. The van der Waals surface area contributed by atoms with Gasteiger partial charge in [-0.15, -0.1) is 0 Å². The first-order valence-electron chi connectivity index (χ1n) is 8.01. The number of pyridine rings is 1. The van der Waals surface area contributed by atoms with E-state index in [0.717, 1.165) is 19.2 Å². The monoisotopic (exact) mass is 429 g/mol. The number of aromatic nitrogens is 3. The number of ether oxygens (including phenoxy) is 1. The molecule has 152 valence electrons. The van der Waals surface area contributed by atoms with Crippen LogP contribution in [0.2, 0.25) is 5.15 Å². The fourth-order valence-corrected chi connectivity index (χ4v) is 2.65. The second-order valence-electron chi connectivity index (χ2n) is 5.93. The molecular formula is C18H12ClF4N3O3. The molecule has 0 aliphatic rings. The summed E-state index contributed by atoms with van der Waals surface area (Å²) >= 11 is 5.68. The van der Waals surface area contributed by atoms with E-state index in [4.69, 9.17) is 16.3 Å². The average Bonchev–Trinajstić information content (AvgIpc) is 2.65. The molecule has 3 rings (SSSR count). The SMILES string of the molecule is Cn1c(C(F)(F)F)cc(=O)n(-c2ccc(OCc3ccc(Cl)nc3)cc2F)c1=O. The van der Waals surface area contributed by atoms with Gasteiger partial charge >= 0.3 is 11.9 Å². The molecule has 2 aromatic heterocycles. The molecule has 0 aliphatic carbocycles. The van der Waals surface area contributed by atoms with Crippen LogP contribution in [0, 0.1) is 5.82 Å². The van der Waals surface area contributed by atoms with E-state index in [2.05, 4.69) is 4.98 Å². The molecule has 0 fully saturated rings. The number of benzene rings is 1.